The van der Waals surface area contributed by atoms with Crippen molar-refractivity contribution in [2.75, 3.05) is 0 Å². The highest BCUT2D eigenvalue weighted by Crippen LogP contribution is 2.49. The molecular formula is C18H29N. The van der Waals surface area contributed by atoms with E-state index in [1.807, 2.05) is 0 Å². The van der Waals surface area contributed by atoms with Crippen molar-refractivity contribution in [3.05, 3.63) is 11.6 Å². The van der Waals surface area contributed by atoms with Crippen LogP contribution in [0.3, 0.4) is 0 Å². The Bertz CT molecular complexity index is 406. The van der Waals surface area contributed by atoms with Crippen molar-refractivity contribution in [1.82, 2.24) is 0 Å². The van der Waals surface area contributed by atoms with E-state index in [9.17, 15) is 0 Å². The molecule has 1 saturated carbocycles. The third-order valence-electron chi connectivity index (χ3n) is 6.13. The van der Waals surface area contributed by atoms with Crippen molar-refractivity contribution in [2.24, 2.45) is 22.2 Å². The van der Waals surface area contributed by atoms with Crippen LogP contribution in [-0.4, -0.2) is 11.8 Å². The summed E-state index contributed by atoms with van der Waals surface area (Å²) in [6.07, 6.45) is 13.0. The van der Waals surface area contributed by atoms with Crippen LogP contribution < -0.4 is 0 Å². The van der Waals surface area contributed by atoms with E-state index < -0.39 is 0 Å². The largest absolute Gasteiger partial charge is 0.286 e. The molecular weight excluding hydrogens is 230 g/mol. The van der Waals surface area contributed by atoms with Gasteiger partial charge >= 0.3 is 0 Å². The van der Waals surface area contributed by atoms with Crippen molar-refractivity contribution in [3.63, 3.8) is 0 Å². The van der Waals surface area contributed by atoms with Gasteiger partial charge in [-0.1, -0.05) is 26.8 Å². The lowest BCUT2D eigenvalue weighted by molar-refractivity contribution is 0.0773. The Hall–Kier alpha value is -0.590. The molecule has 2 bridgehead atoms. The van der Waals surface area contributed by atoms with Gasteiger partial charge in [-0.3, -0.25) is 4.99 Å². The number of aliphatic imine (C=N–C) groups is 1. The topological polar surface area (TPSA) is 12.4 Å². The summed E-state index contributed by atoms with van der Waals surface area (Å²) in [5.41, 5.74) is 3.53. The molecule has 4 atom stereocenters. The van der Waals surface area contributed by atoms with Gasteiger partial charge in [-0.05, 0) is 74.2 Å². The summed E-state index contributed by atoms with van der Waals surface area (Å²) < 4.78 is 0. The molecule has 1 nitrogen and oxygen atoms in total. The van der Waals surface area contributed by atoms with Crippen molar-refractivity contribution >= 4 is 5.71 Å². The normalized spacial score (nSPS) is 45.3. The van der Waals surface area contributed by atoms with Gasteiger partial charge in [-0.2, -0.15) is 0 Å². The average Bonchev–Trinajstić information content (AvgIpc) is 2.32. The second-order valence-electron chi connectivity index (χ2n) is 7.44. The maximum Gasteiger partial charge on any atom is 0.0554 e. The Morgan fingerprint density at radius 1 is 1.32 bits per heavy atom. The smallest absolute Gasteiger partial charge is 0.0554 e. The van der Waals surface area contributed by atoms with Crippen LogP contribution in [0, 0.1) is 17.3 Å². The quantitative estimate of drug-likeness (QED) is 0.649. The van der Waals surface area contributed by atoms with E-state index in [4.69, 9.17) is 4.99 Å². The standard InChI is InChI=1S/C18H29N/c1-4-17-18(3)11-10-13(2)15(12-18)8-9-16(19-17)14-6-5-7-14/h6,13,15,17H,4-5,7-12H2,1-3H3/b19-16-/t13-,15?,17?,18-/m0/s1. The summed E-state index contributed by atoms with van der Waals surface area (Å²) in [6.45, 7) is 7.33. The van der Waals surface area contributed by atoms with E-state index in [0.717, 1.165) is 11.8 Å². The van der Waals surface area contributed by atoms with Crippen LogP contribution in [0.1, 0.15) is 72.1 Å². The molecule has 3 rings (SSSR count). The third kappa shape index (κ3) is 2.41. The Morgan fingerprint density at radius 3 is 2.74 bits per heavy atom. The predicted molar refractivity (Wildman–Crippen MR) is 82.7 cm³/mol. The fraction of sp³-hybridized carbons (Fsp3) is 0.833. The van der Waals surface area contributed by atoms with Crippen LogP contribution >= 0.6 is 0 Å². The first kappa shape index (κ1) is 13.4. The highest BCUT2D eigenvalue weighted by molar-refractivity contribution is 6.01. The second kappa shape index (κ2) is 5.07. The number of nitrogens with zero attached hydrogens (tertiary/aromatic N) is 1. The van der Waals surface area contributed by atoms with E-state index in [1.54, 1.807) is 5.57 Å². The summed E-state index contributed by atoms with van der Waals surface area (Å²) >= 11 is 0. The molecule has 2 aliphatic carbocycles. The maximum atomic E-state index is 5.24. The first-order chi connectivity index (χ1) is 9.12. The molecule has 0 saturated heterocycles. The summed E-state index contributed by atoms with van der Waals surface area (Å²) in [7, 11) is 0. The van der Waals surface area contributed by atoms with Crippen LogP contribution in [0.2, 0.25) is 0 Å². The average molecular weight is 259 g/mol. The fourth-order valence-electron chi connectivity index (χ4n) is 4.49. The molecule has 0 amide bonds. The Morgan fingerprint density at radius 2 is 2.11 bits per heavy atom. The molecule has 1 heterocycles. The van der Waals surface area contributed by atoms with Gasteiger partial charge < -0.3 is 0 Å². The highest BCUT2D eigenvalue weighted by atomic mass is 14.8. The SMILES string of the molecule is CCC1/N=C(\C2=CCC2)CCC2C[C@]1(C)CC[C@@H]2C. The lowest BCUT2D eigenvalue weighted by Gasteiger charge is -2.46. The number of rotatable bonds is 2. The minimum Gasteiger partial charge on any atom is -0.286 e. The molecule has 1 fully saturated rings. The molecule has 2 unspecified atom stereocenters. The zero-order valence-electron chi connectivity index (χ0n) is 12.9. The lowest BCUT2D eigenvalue weighted by Crippen LogP contribution is -2.41. The molecule has 0 spiro atoms. The van der Waals surface area contributed by atoms with E-state index in [1.165, 1.54) is 57.1 Å². The van der Waals surface area contributed by atoms with Gasteiger partial charge in [0, 0.05) is 5.71 Å². The molecule has 106 valence electrons. The molecule has 0 N–H and O–H groups in total. The molecule has 0 aromatic heterocycles. The first-order valence-electron chi connectivity index (χ1n) is 8.38. The van der Waals surface area contributed by atoms with E-state index >= 15 is 0 Å². The minimum absolute atomic E-state index is 0.474. The third-order valence-corrected chi connectivity index (χ3v) is 6.13. The summed E-state index contributed by atoms with van der Waals surface area (Å²) in [6, 6.07) is 0.569. The van der Waals surface area contributed by atoms with Crippen molar-refractivity contribution < 1.29 is 0 Å². The minimum atomic E-state index is 0.474. The summed E-state index contributed by atoms with van der Waals surface area (Å²) in [4.78, 5) is 5.24. The molecule has 19 heavy (non-hydrogen) atoms. The van der Waals surface area contributed by atoms with E-state index in [2.05, 4.69) is 26.8 Å². The summed E-state index contributed by atoms with van der Waals surface area (Å²) in [5, 5.41) is 0. The van der Waals surface area contributed by atoms with Gasteiger partial charge in [0.1, 0.15) is 0 Å². The predicted octanol–water partition coefficient (Wildman–Crippen LogP) is 5.16. The number of hydrogen-bond donors (Lipinski definition) is 0. The van der Waals surface area contributed by atoms with Crippen LogP contribution in [0.5, 0.6) is 0 Å². The van der Waals surface area contributed by atoms with Gasteiger partial charge in [0.05, 0.1) is 6.04 Å². The van der Waals surface area contributed by atoms with Gasteiger partial charge in [0.2, 0.25) is 0 Å². The van der Waals surface area contributed by atoms with Gasteiger partial charge in [-0.25, -0.2) is 0 Å². The Balaban J connectivity index is 1.92. The number of fused-ring (bicyclic) bond motifs is 2. The molecule has 0 radical (unpaired) electrons. The lowest BCUT2D eigenvalue weighted by atomic mass is 9.61. The number of allylic oxidation sites excluding steroid dienone is 2. The fourth-order valence-corrected chi connectivity index (χ4v) is 4.49. The molecule has 3 aliphatic rings. The van der Waals surface area contributed by atoms with Crippen LogP contribution in [0.4, 0.5) is 0 Å². The van der Waals surface area contributed by atoms with Crippen molar-refractivity contribution in [1.29, 1.82) is 0 Å². The van der Waals surface area contributed by atoms with Crippen LogP contribution in [-0.2, 0) is 0 Å². The Kier molecular flexibility index (Phi) is 3.57. The molecule has 0 aromatic carbocycles. The molecule has 0 aromatic rings. The zero-order valence-corrected chi connectivity index (χ0v) is 12.9. The van der Waals surface area contributed by atoms with E-state index in [-0.39, 0.29) is 0 Å². The molecule has 1 heteroatoms. The maximum absolute atomic E-state index is 5.24. The van der Waals surface area contributed by atoms with Crippen LogP contribution in [0.25, 0.3) is 0 Å². The second-order valence-corrected chi connectivity index (χ2v) is 7.44. The van der Waals surface area contributed by atoms with Crippen molar-refractivity contribution in [3.8, 4) is 0 Å². The van der Waals surface area contributed by atoms with Gasteiger partial charge in [-0.15, -0.1) is 0 Å². The van der Waals surface area contributed by atoms with Crippen LogP contribution in [0.15, 0.2) is 16.6 Å². The molecule has 1 aliphatic heterocycles. The van der Waals surface area contributed by atoms with Crippen molar-refractivity contribution in [2.45, 2.75) is 78.2 Å². The monoisotopic (exact) mass is 259 g/mol. The van der Waals surface area contributed by atoms with Gasteiger partial charge in [0.25, 0.3) is 0 Å². The zero-order chi connectivity index (χ0) is 13.5. The Labute approximate surface area is 118 Å². The highest BCUT2D eigenvalue weighted by Gasteiger charge is 2.42. The number of hydrogen-bond acceptors (Lipinski definition) is 1. The summed E-state index contributed by atoms with van der Waals surface area (Å²) in [5.74, 6) is 1.87. The first-order valence-corrected chi connectivity index (χ1v) is 8.38. The van der Waals surface area contributed by atoms with E-state index in [0.29, 0.717) is 11.5 Å². The van der Waals surface area contributed by atoms with Gasteiger partial charge in [0.15, 0.2) is 0 Å².